The van der Waals surface area contributed by atoms with Crippen molar-refractivity contribution in [3.8, 4) is 0 Å². The minimum atomic E-state index is -1.72. The van der Waals surface area contributed by atoms with Gasteiger partial charge in [-0.25, -0.2) is 0 Å². The highest BCUT2D eigenvalue weighted by Crippen LogP contribution is 2.29. The molecular formula is C9H20O4. The summed E-state index contributed by atoms with van der Waals surface area (Å²) in [4.78, 5) is 0. The van der Waals surface area contributed by atoms with Gasteiger partial charge in [0, 0.05) is 6.42 Å². The molecule has 13 heavy (non-hydrogen) atoms. The zero-order valence-electron chi connectivity index (χ0n) is 8.53. The summed E-state index contributed by atoms with van der Waals surface area (Å²) < 4.78 is 5.02. The van der Waals surface area contributed by atoms with Crippen molar-refractivity contribution in [2.75, 3.05) is 6.61 Å². The van der Waals surface area contributed by atoms with Gasteiger partial charge in [0.05, 0.1) is 12.7 Å². The summed E-state index contributed by atoms with van der Waals surface area (Å²) in [6, 6.07) is 0. The van der Waals surface area contributed by atoms with Crippen LogP contribution >= 0.6 is 0 Å². The van der Waals surface area contributed by atoms with Crippen LogP contribution < -0.4 is 0 Å². The van der Waals surface area contributed by atoms with Crippen LogP contribution in [0, 0.1) is 0 Å². The second-order valence-electron chi connectivity index (χ2n) is 2.90. The van der Waals surface area contributed by atoms with Crippen molar-refractivity contribution < 1.29 is 20.1 Å². The molecule has 3 unspecified atom stereocenters. The molecule has 4 nitrogen and oxygen atoms in total. The minimum Gasteiger partial charge on any atom is -0.391 e. The van der Waals surface area contributed by atoms with Crippen molar-refractivity contribution in [1.29, 1.82) is 0 Å². The zero-order valence-corrected chi connectivity index (χ0v) is 8.53. The maximum Gasteiger partial charge on any atom is 0.216 e. The van der Waals surface area contributed by atoms with E-state index in [1.807, 2.05) is 20.8 Å². The van der Waals surface area contributed by atoms with E-state index in [0.29, 0.717) is 6.42 Å². The molecule has 0 aromatic rings. The molecule has 1 fully saturated rings. The fraction of sp³-hybridized carbons (Fsp3) is 1.00. The van der Waals surface area contributed by atoms with E-state index < -0.39 is 18.5 Å². The van der Waals surface area contributed by atoms with Gasteiger partial charge in [-0.1, -0.05) is 20.8 Å². The molecule has 0 aromatic heterocycles. The molecular weight excluding hydrogens is 172 g/mol. The quantitative estimate of drug-likeness (QED) is 0.586. The number of rotatable bonds is 2. The van der Waals surface area contributed by atoms with Gasteiger partial charge in [-0.15, -0.1) is 0 Å². The van der Waals surface area contributed by atoms with Crippen LogP contribution in [0.4, 0.5) is 0 Å². The van der Waals surface area contributed by atoms with E-state index >= 15 is 0 Å². The molecule has 3 N–H and O–H groups in total. The van der Waals surface area contributed by atoms with Crippen molar-refractivity contribution >= 4 is 0 Å². The summed E-state index contributed by atoms with van der Waals surface area (Å²) in [6.45, 7) is 5.35. The molecule has 1 rings (SSSR count). The van der Waals surface area contributed by atoms with Gasteiger partial charge in [0.15, 0.2) is 0 Å². The fourth-order valence-corrected chi connectivity index (χ4v) is 1.24. The highest BCUT2D eigenvalue weighted by molar-refractivity contribution is 4.86. The van der Waals surface area contributed by atoms with E-state index in [0.717, 1.165) is 6.42 Å². The molecule has 3 atom stereocenters. The molecule has 0 spiro atoms. The van der Waals surface area contributed by atoms with Crippen LogP contribution in [0.25, 0.3) is 0 Å². The highest BCUT2D eigenvalue weighted by Gasteiger charge is 2.45. The third-order valence-corrected chi connectivity index (χ3v) is 2.06. The lowest BCUT2D eigenvalue weighted by Gasteiger charge is -2.22. The lowest BCUT2D eigenvalue weighted by molar-refractivity contribution is -0.245. The van der Waals surface area contributed by atoms with Gasteiger partial charge in [-0.3, -0.25) is 0 Å². The Balaban J connectivity index is 0.000000671. The Hall–Kier alpha value is -0.160. The van der Waals surface area contributed by atoms with Crippen LogP contribution in [-0.4, -0.2) is 39.9 Å². The summed E-state index contributed by atoms with van der Waals surface area (Å²) in [6.07, 6.45) is 0.0343. The van der Waals surface area contributed by atoms with Crippen molar-refractivity contribution in [2.45, 2.75) is 51.6 Å². The molecule has 4 heteroatoms. The number of hydrogen-bond acceptors (Lipinski definition) is 4. The lowest BCUT2D eigenvalue weighted by atomic mass is 10.1. The molecule has 80 valence electrons. The molecule has 0 aliphatic carbocycles. The Morgan fingerprint density at radius 1 is 1.46 bits per heavy atom. The van der Waals surface area contributed by atoms with Gasteiger partial charge in [-0.2, -0.15) is 0 Å². The van der Waals surface area contributed by atoms with Crippen LogP contribution in [0.15, 0.2) is 0 Å². The van der Waals surface area contributed by atoms with E-state index in [1.54, 1.807) is 0 Å². The van der Waals surface area contributed by atoms with Crippen molar-refractivity contribution in [2.24, 2.45) is 0 Å². The number of aliphatic hydroxyl groups is 3. The SMILES string of the molecule is CC.CCC1CC(O)C(O)(CO)O1. The zero-order chi connectivity index (χ0) is 10.5. The normalized spacial score (nSPS) is 38.3. The summed E-state index contributed by atoms with van der Waals surface area (Å²) in [5.74, 6) is -1.72. The van der Waals surface area contributed by atoms with Gasteiger partial charge in [0.2, 0.25) is 5.79 Å². The molecule has 0 saturated carbocycles. The fourth-order valence-electron chi connectivity index (χ4n) is 1.24. The Morgan fingerprint density at radius 3 is 2.23 bits per heavy atom. The average molecular weight is 192 g/mol. The highest BCUT2D eigenvalue weighted by atomic mass is 16.7. The molecule has 0 aromatic carbocycles. The number of aliphatic hydroxyl groups excluding tert-OH is 2. The monoisotopic (exact) mass is 192 g/mol. The standard InChI is InChI=1S/C7H14O4.C2H6/c1-2-5-3-6(9)7(10,4-8)11-5;1-2/h5-6,8-10H,2-4H2,1H3;1-2H3. The van der Waals surface area contributed by atoms with Gasteiger partial charge >= 0.3 is 0 Å². The van der Waals surface area contributed by atoms with E-state index in [1.165, 1.54) is 0 Å². The summed E-state index contributed by atoms with van der Waals surface area (Å²) in [5, 5.41) is 27.2. The smallest absolute Gasteiger partial charge is 0.216 e. The maximum absolute atomic E-state index is 9.35. The first-order chi connectivity index (χ1) is 6.12. The van der Waals surface area contributed by atoms with Crippen molar-refractivity contribution in [3.63, 3.8) is 0 Å². The molecule has 1 aliphatic rings. The van der Waals surface area contributed by atoms with Gasteiger partial charge in [-0.05, 0) is 6.42 Å². The first-order valence-corrected chi connectivity index (χ1v) is 4.81. The maximum atomic E-state index is 9.35. The van der Waals surface area contributed by atoms with Crippen LogP contribution in [0.3, 0.4) is 0 Å². The van der Waals surface area contributed by atoms with E-state index in [9.17, 15) is 10.2 Å². The minimum absolute atomic E-state index is 0.137. The second-order valence-corrected chi connectivity index (χ2v) is 2.90. The largest absolute Gasteiger partial charge is 0.391 e. The van der Waals surface area contributed by atoms with E-state index in [4.69, 9.17) is 9.84 Å². The van der Waals surface area contributed by atoms with Crippen molar-refractivity contribution in [3.05, 3.63) is 0 Å². The summed E-state index contributed by atoms with van der Waals surface area (Å²) in [7, 11) is 0. The van der Waals surface area contributed by atoms with Gasteiger partial charge in [0.1, 0.15) is 6.10 Å². The Morgan fingerprint density at radius 2 is 2.00 bits per heavy atom. The molecule has 0 amide bonds. The molecule has 1 heterocycles. The third-order valence-electron chi connectivity index (χ3n) is 2.06. The molecule has 0 bridgehead atoms. The van der Waals surface area contributed by atoms with Gasteiger partial charge in [0.25, 0.3) is 0 Å². The number of hydrogen-bond donors (Lipinski definition) is 3. The first-order valence-electron chi connectivity index (χ1n) is 4.81. The van der Waals surface area contributed by atoms with Crippen LogP contribution in [-0.2, 0) is 4.74 Å². The topological polar surface area (TPSA) is 69.9 Å². The third kappa shape index (κ3) is 2.91. The predicted molar refractivity (Wildman–Crippen MR) is 49.2 cm³/mol. The Labute approximate surface area is 79.2 Å². The van der Waals surface area contributed by atoms with Crippen LogP contribution in [0.5, 0.6) is 0 Å². The van der Waals surface area contributed by atoms with Crippen LogP contribution in [0.2, 0.25) is 0 Å². The lowest BCUT2D eigenvalue weighted by Crippen LogP contribution is -2.42. The van der Waals surface area contributed by atoms with Crippen molar-refractivity contribution in [1.82, 2.24) is 0 Å². The average Bonchev–Trinajstić information content (AvgIpc) is 2.47. The predicted octanol–water partition coefficient (Wildman–Crippen LogP) is 0.253. The first kappa shape index (κ1) is 12.8. The molecule has 0 radical (unpaired) electrons. The van der Waals surface area contributed by atoms with Crippen LogP contribution in [0.1, 0.15) is 33.6 Å². The number of ether oxygens (including phenoxy) is 1. The Bertz CT molecular complexity index is 140. The van der Waals surface area contributed by atoms with E-state index in [2.05, 4.69) is 0 Å². The molecule has 1 aliphatic heterocycles. The second kappa shape index (κ2) is 5.54. The summed E-state index contributed by atoms with van der Waals surface area (Å²) in [5.41, 5.74) is 0. The summed E-state index contributed by atoms with van der Waals surface area (Å²) >= 11 is 0. The Kier molecular flexibility index (Phi) is 5.48. The van der Waals surface area contributed by atoms with Gasteiger partial charge < -0.3 is 20.1 Å². The van der Waals surface area contributed by atoms with E-state index in [-0.39, 0.29) is 6.10 Å². The molecule has 1 saturated heterocycles.